The van der Waals surface area contributed by atoms with Crippen LogP contribution in [-0.2, 0) is 17.8 Å². The molecule has 2 aliphatic rings. The summed E-state index contributed by atoms with van der Waals surface area (Å²) in [5.74, 6) is -0.488. The average Bonchev–Trinajstić information content (AvgIpc) is 2.77. The van der Waals surface area contributed by atoms with Crippen LogP contribution in [0.25, 0.3) is 0 Å². The Morgan fingerprint density at radius 1 is 0.800 bits per heavy atom. The highest BCUT2D eigenvalue weighted by Crippen LogP contribution is 2.29. The first-order valence-corrected chi connectivity index (χ1v) is 10.0. The van der Waals surface area contributed by atoms with Gasteiger partial charge in [0.05, 0.1) is 6.54 Å². The molecule has 5 nitrogen and oxygen atoms in total. The molecule has 0 radical (unpaired) electrons. The van der Waals surface area contributed by atoms with Gasteiger partial charge in [-0.25, -0.2) is 0 Å². The first-order chi connectivity index (χ1) is 14.6. The van der Waals surface area contributed by atoms with E-state index in [2.05, 4.69) is 22.3 Å². The van der Waals surface area contributed by atoms with Crippen molar-refractivity contribution in [3.05, 3.63) is 100 Å². The van der Waals surface area contributed by atoms with Crippen LogP contribution in [0.4, 0.5) is 5.69 Å². The molecule has 30 heavy (non-hydrogen) atoms. The molecule has 5 heteroatoms. The zero-order valence-electron chi connectivity index (χ0n) is 16.4. The Labute approximate surface area is 174 Å². The number of hydrogen-bond donors (Lipinski definition) is 1. The maximum absolute atomic E-state index is 12.9. The Morgan fingerprint density at radius 3 is 2.20 bits per heavy atom. The Bertz CT molecular complexity index is 1200. The fourth-order valence-corrected chi connectivity index (χ4v) is 4.27. The molecular weight excluding hydrogens is 376 g/mol. The summed E-state index contributed by atoms with van der Waals surface area (Å²) in [6.07, 6.45) is 0.929. The number of rotatable bonds is 3. The first kappa shape index (κ1) is 18.5. The predicted molar refractivity (Wildman–Crippen MR) is 114 cm³/mol. The quantitative estimate of drug-likeness (QED) is 0.576. The van der Waals surface area contributed by atoms with Crippen molar-refractivity contribution in [2.75, 3.05) is 18.4 Å². The van der Waals surface area contributed by atoms with Crippen LogP contribution in [0, 0.1) is 0 Å². The van der Waals surface area contributed by atoms with Crippen molar-refractivity contribution >= 4 is 23.2 Å². The van der Waals surface area contributed by atoms with Gasteiger partial charge in [0.1, 0.15) is 0 Å². The van der Waals surface area contributed by atoms with E-state index in [-0.39, 0.29) is 24.0 Å². The summed E-state index contributed by atoms with van der Waals surface area (Å²) in [5.41, 5.74) is 4.67. The monoisotopic (exact) mass is 396 g/mol. The Morgan fingerprint density at radius 2 is 1.43 bits per heavy atom. The van der Waals surface area contributed by atoms with E-state index in [1.807, 2.05) is 12.1 Å². The van der Waals surface area contributed by atoms with Gasteiger partial charge in [0.2, 0.25) is 5.91 Å². The molecular formula is C25H20N2O3. The van der Waals surface area contributed by atoms with Crippen LogP contribution in [0.2, 0.25) is 0 Å². The molecule has 0 fully saturated rings. The molecule has 3 aromatic carbocycles. The van der Waals surface area contributed by atoms with Crippen molar-refractivity contribution in [3.8, 4) is 0 Å². The molecule has 0 saturated heterocycles. The second-order valence-electron chi connectivity index (χ2n) is 7.74. The molecule has 5 rings (SSSR count). The van der Waals surface area contributed by atoms with Gasteiger partial charge in [-0.15, -0.1) is 0 Å². The van der Waals surface area contributed by atoms with Gasteiger partial charge in [0, 0.05) is 41.0 Å². The van der Waals surface area contributed by atoms with Crippen molar-refractivity contribution in [1.82, 2.24) is 4.90 Å². The van der Waals surface area contributed by atoms with Crippen LogP contribution in [0.1, 0.15) is 43.0 Å². The zero-order valence-corrected chi connectivity index (χ0v) is 16.4. The highest BCUT2D eigenvalue weighted by Gasteiger charge is 2.29. The zero-order chi connectivity index (χ0) is 20.7. The largest absolute Gasteiger partial charge is 0.325 e. The van der Waals surface area contributed by atoms with E-state index in [1.165, 1.54) is 11.1 Å². The van der Waals surface area contributed by atoms with Crippen LogP contribution in [0.15, 0.2) is 66.7 Å². The maximum atomic E-state index is 12.9. The first-order valence-electron chi connectivity index (χ1n) is 10.0. The topological polar surface area (TPSA) is 66.5 Å². The maximum Gasteiger partial charge on any atom is 0.238 e. The summed E-state index contributed by atoms with van der Waals surface area (Å²) in [5, 5.41) is 2.88. The second kappa shape index (κ2) is 7.35. The van der Waals surface area contributed by atoms with Gasteiger partial charge < -0.3 is 5.32 Å². The van der Waals surface area contributed by atoms with Crippen molar-refractivity contribution in [2.45, 2.75) is 13.0 Å². The van der Waals surface area contributed by atoms with Crippen molar-refractivity contribution in [1.29, 1.82) is 0 Å². The lowest BCUT2D eigenvalue weighted by Gasteiger charge is -2.28. The van der Waals surface area contributed by atoms with Gasteiger partial charge in [0.25, 0.3) is 0 Å². The van der Waals surface area contributed by atoms with E-state index in [1.54, 1.807) is 42.5 Å². The summed E-state index contributed by atoms with van der Waals surface area (Å²) in [6, 6.07) is 20.0. The number of anilines is 1. The van der Waals surface area contributed by atoms with Crippen LogP contribution in [-0.4, -0.2) is 35.5 Å². The SMILES string of the molecule is O=C(CN1CCc2ccccc2C1)Nc1ccc2c(c1)C(=O)c1ccccc1C2=O. The van der Waals surface area contributed by atoms with Crippen LogP contribution in [0.5, 0.6) is 0 Å². The Kier molecular flexibility index (Phi) is 4.52. The molecule has 1 heterocycles. The molecule has 0 atom stereocenters. The lowest BCUT2D eigenvalue weighted by Crippen LogP contribution is -2.37. The standard InChI is InChI=1S/C25H20N2O3/c28-23(15-27-12-11-16-5-1-2-6-17(16)14-27)26-18-9-10-21-22(13-18)25(30)20-8-4-3-7-19(20)24(21)29/h1-10,13H,11-12,14-15H2,(H,26,28). The van der Waals surface area contributed by atoms with Crippen molar-refractivity contribution < 1.29 is 14.4 Å². The lowest BCUT2D eigenvalue weighted by molar-refractivity contribution is -0.117. The average molecular weight is 396 g/mol. The molecule has 1 N–H and O–H groups in total. The summed E-state index contributed by atoms with van der Waals surface area (Å²) in [6.45, 7) is 1.86. The van der Waals surface area contributed by atoms with Gasteiger partial charge in [-0.1, -0.05) is 48.5 Å². The third-order valence-corrected chi connectivity index (χ3v) is 5.79. The van der Waals surface area contributed by atoms with Crippen LogP contribution >= 0.6 is 0 Å². The third kappa shape index (κ3) is 3.23. The molecule has 0 saturated carbocycles. The molecule has 1 aliphatic heterocycles. The van der Waals surface area contributed by atoms with Crippen molar-refractivity contribution in [2.24, 2.45) is 0 Å². The molecule has 0 unspecified atom stereocenters. The normalized spacial score (nSPS) is 15.2. The van der Waals surface area contributed by atoms with E-state index < -0.39 is 0 Å². The minimum Gasteiger partial charge on any atom is -0.325 e. The van der Waals surface area contributed by atoms with E-state index >= 15 is 0 Å². The van der Waals surface area contributed by atoms with Crippen molar-refractivity contribution in [3.63, 3.8) is 0 Å². The van der Waals surface area contributed by atoms with Gasteiger partial charge in [-0.3, -0.25) is 19.3 Å². The number of amides is 1. The number of carbonyl (C=O) groups is 3. The predicted octanol–water partition coefficient (Wildman–Crippen LogP) is 3.46. The Balaban J connectivity index is 1.31. The van der Waals surface area contributed by atoms with E-state index in [4.69, 9.17) is 0 Å². The molecule has 0 spiro atoms. The van der Waals surface area contributed by atoms with E-state index in [0.717, 1.165) is 19.5 Å². The number of benzene rings is 3. The number of nitrogens with one attached hydrogen (secondary N) is 1. The molecule has 1 aliphatic carbocycles. The molecule has 0 bridgehead atoms. The summed E-state index contributed by atoms with van der Waals surface area (Å²) in [7, 11) is 0. The summed E-state index contributed by atoms with van der Waals surface area (Å²) < 4.78 is 0. The van der Waals surface area contributed by atoms with Gasteiger partial charge in [0.15, 0.2) is 11.6 Å². The fraction of sp³-hybridized carbons (Fsp3) is 0.160. The van der Waals surface area contributed by atoms with Crippen LogP contribution < -0.4 is 5.32 Å². The number of ketones is 2. The molecule has 148 valence electrons. The van der Waals surface area contributed by atoms with E-state index in [0.29, 0.717) is 27.9 Å². The summed E-state index contributed by atoms with van der Waals surface area (Å²) in [4.78, 5) is 40.3. The summed E-state index contributed by atoms with van der Waals surface area (Å²) >= 11 is 0. The highest BCUT2D eigenvalue weighted by atomic mass is 16.2. The minimum atomic E-state index is -0.191. The highest BCUT2D eigenvalue weighted by molar-refractivity contribution is 6.28. The number of fused-ring (bicyclic) bond motifs is 3. The van der Waals surface area contributed by atoms with Crippen LogP contribution in [0.3, 0.4) is 0 Å². The molecule has 3 aromatic rings. The molecule has 1 amide bonds. The smallest absolute Gasteiger partial charge is 0.238 e. The Hall–Kier alpha value is -3.57. The number of carbonyl (C=O) groups excluding carboxylic acids is 3. The second-order valence-corrected chi connectivity index (χ2v) is 7.74. The van der Waals surface area contributed by atoms with Gasteiger partial charge in [-0.05, 0) is 35.7 Å². The minimum absolute atomic E-state index is 0.135. The fourth-order valence-electron chi connectivity index (χ4n) is 4.27. The molecule has 0 aromatic heterocycles. The number of hydrogen-bond acceptors (Lipinski definition) is 4. The third-order valence-electron chi connectivity index (χ3n) is 5.79. The van der Waals surface area contributed by atoms with E-state index in [9.17, 15) is 14.4 Å². The number of nitrogens with zero attached hydrogens (tertiary/aromatic N) is 1. The lowest BCUT2D eigenvalue weighted by atomic mass is 9.84. The van der Waals surface area contributed by atoms with Gasteiger partial charge in [-0.2, -0.15) is 0 Å². The van der Waals surface area contributed by atoms with Gasteiger partial charge >= 0.3 is 0 Å².